The van der Waals surface area contributed by atoms with Crippen molar-refractivity contribution in [2.24, 2.45) is 11.8 Å². The van der Waals surface area contributed by atoms with Crippen LogP contribution >= 0.6 is 0 Å². The number of aliphatic carboxylic acids is 1. The average molecular weight is 326 g/mol. The van der Waals surface area contributed by atoms with Gasteiger partial charge in [0, 0.05) is 32.1 Å². The quantitative estimate of drug-likeness (QED) is 0.832. The van der Waals surface area contributed by atoms with Gasteiger partial charge in [-0.25, -0.2) is 4.79 Å². The molecule has 0 radical (unpaired) electrons. The number of carboxylic acid groups (broad SMARTS) is 1. The number of nitrogens with zero attached hydrogens (tertiary/aromatic N) is 2. The van der Waals surface area contributed by atoms with Crippen LogP contribution in [-0.2, 0) is 14.3 Å². The summed E-state index contributed by atoms with van der Waals surface area (Å²) in [5, 5.41) is 9.03. The van der Waals surface area contributed by atoms with Crippen LogP contribution in [0, 0.1) is 11.8 Å². The van der Waals surface area contributed by atoms with Crippen molar-refractivity contribution < 1.29 is 24.2 Å². The molecule has 1 heterocycles. The van der Waals surface area contributed by atoms with Crippen molar-refractivity contribution in [1.29, 1.82) is 0 Å². The Hall–Kier alpha value is -1.79. The minimum atomic E-state index is -0.810. The van der Waals surface area contributed by atoms with E-state index in [1.54, 1.807) is 9.80 Å². The van der Waals surface area contributed by atoms with Crippen LogP contribution in [0.15, 0.2) is 0 Å². The first-order valence-electron chi connectivity index (χ1n) is 8.17. The molecule has 0 aromatic rings. The maximum absolute atomic E-state index is 12.5. The zero-order valence-corrected chi connectivity index (χ0v) is 14.1. The first kappa shape index (κ1) is 17.6. The standard InChI is InChI=1S/C16H26N2O5/c1-16(2,3)23-15(22)18-8-6-17(7-9-18)13(19)11-4-5-12(10-11)14(20)21/h11-12H,4-10H2,1-3H3,(H,20,21). The van der Waals surface area contributed by atoms with Crippen LogP contribution in [0.25, 0.3) is 0 Å². The summed E-state index contributed by atoms with van der Waals surface area (Å²) < 4.78 is 5.33. The van der Waals surface area contributed by atoms with Crippen LogP contribution in [0.3, 0.4) is 0 Å². The Morgan fingerprint density at radius 3 is 1.96 bits per heavy atom. The molecule has 2 unspecified atom stereocenters. The highest BCUT2D eigenvalue weighted by Gasteiger charge is 2.37. The van der Waals surface area contributed by atoms with E-state index >= 15 is 0 Å². The molecule has 0 aromatic heterocycles. The van der Waals surface area contributed by atoms with Gasteiger partial charge in [-0.15, -0.1) is 0 Å². The summed E-state index contributed by atoms with van der Waals surface area (Å²) in [6.07, 6.45) is 1.29. The number of carboxylic acids is 1. The van der Waals surface area contributed by atoms with Crippen molar-refractivity contribution in [1.82, 2.24) is 9.80 Å². The predicted molar refractivity (Wildman–Crippen MR) is 82.9 cm³/mol. The zero-order chi connectivity index (χ0) is 17.2. The number of hydrogen-bond acceptors (Lipinski definition) is 4. The van der Waals surface area contributed by atoms with Gasteiger partial charge in [-0.3, -0.25) is 9.59 Å². The first-order valence-corrected chi connectivity index (χ1v) is 8.17. The molecule has 7 nitrogen and oxygen atoms in total. The van der Waals surface area contributed by atoms with Crippen molar-refractivity contribution in [3.63, 3.8) is 0 Å². The maximum atomic E-state index is 12.5. The Morgan fingerprint density at radius 2 is 1.48 bits per heavy atom. The predicted octanol–water partition coefficient (Wildman–Crippen LogP) is 1.57. The number of carbonyl (C=O) groups excluding carboxylic acids is 2. The van der Waals surface area contributed by atoms with Gasteiger partial charge in [-0.1, -0.05) is 0 Å². The molecule has 7 heteroatoms. The summed E-state index contributed by atoms with van der Waals surface area (Å²) in [7, 11) is 0. The van der Waals surface area contributed by atoms with Crippen LogP contribution in [0.1, 0.15) is 40.0 Å². The molecule has 1 saturated heterocycles. The van der Waals surface area contributed by atoms with E-state index in [1.165, 1.54) is 0 Å². The minimum Gasteiger partial charge on any atom is -0.481 e. The summed E-state index contributed by atoms with van der Waals surface area (Å²) in [4.78, 5) is 38.8. The molecular formula is C16H26N2O5. The van der Waals surface area contributed by atoms with E-state index in [9.17, 15) is 14.4 Å². The first-order chi connectivity index (χ1) is 10.7. The smallest absolute Gasteiger partial charge is 0.410 e. The van der Waals surface area contributed by atoms with Gasteiger partial charge < -0.3 is 19.6 Å². The van der Waals surface area contributed by atoms with Crippen LogP contribution in [0.2, 0.25) is 0 Å². The molecule has 1 aliphatic carbocycles. The van der Waals surface area contributed by atoms with E-state index in [-0.39, 0.29) is 17.9 Å². The number of rotatable bonds is 2. The van der Waals surface area contributed by atoms with E-state index in [1.807, 2.05) is 20.8 Å². The highest BCUT2D eigenvalue weighted by Crippen LogP contribution is 2.32. The fourth-order valence-corrected chi connectivity index (χ4v) is 3.12. The number of ether oxygens (including phenoxy) is 1. The topological polar surface area (TPSA) is 87.2 Å². The van der Waals surface area contributed by atoms with E-state index in [0.717, 1.165) is 0 Å². The molecule has 2 fully saturated rings. The second-order valence-electron chi connectivity index (χ2n) is 7.34. The lowest BCUT2D eigenvalue weighted by Gasteiger charge is -2.36. The average Bonchev–Trinajstić information content (AvgIpc) is 2.95. The molecule has 1 aliphatic heterocycles. The van der Waals surface area contributed by atoms with Gasteiger partial charge in [0.15, 0.2) is 0 Å². The molecular weight excluding hydrogens is 300 g/mol. The lowest BCUT2D eigenvalue weighted by Crippen LogP contribution is -2.52. The Balaban J connectivity index is 1.81. The van der Waals surface area contributed by atoms with E-state index in [4.69, 9.17) is 9.84 Å². The van der Waals surface area contributed by atoms with Gasteiger partial charge >= 0.3 is 12.1 Å². The van der Waals surface area contributed by atoms with Crippen molar-refractivity contribution in [3.8, 4) is 0 Å². The minimum absolute atomic E-state index is 0.0255. The molecule has 2 amide bonds. The third-order valence-corrected chi connectivity index (χ3v) is 4.37. The van der Waals surface area contributed by atoms with E-state index in [0.29, 0.717) is 45.4 Å². The normalized spacial score (nSPS) is 25.3. The second-order valence-corrected chi connectivity index (χ2v) is 7.34. The molecule has 23 heavy (non-hydrogen) atoms. The Labute approximate surface area is 136 Å². The largest absolute Gasteiger partial charge is 0.481 e. The third kappa shape index (κ3) is 4.59. The third-order valence-electron chi connectivity index (χ3n) is 4.37. The molecule has 2 rings (SSSR count). The van der Waals surface area contributed by atoms with Gasteiger partial charge in [0.2, 0.25) is 5.91 Å². The molecule has 1 N–H and O–H groups in total. The lowest BCUT2D eigenvalue weighted by atomic mass is 10.0. The zero-order valence-electron chi connectivity index (χ0n) is 14.1. The molecule has 130 valence electrons. The van der Waals surface area contributed by atoms with Crippen LogP contribution in [0.4, 0.5) is 4.79 Å². The summed E-state index contributed by atoms with van der Waals surface area (Å²) in [6, 6.07) is 0. The fraction of sp³-hybridized carbons (Fsp3) is 0.812. The van der Waals surface area contributed by atoms with Gasteiger partial charge in [-0.05, 0) is 40.0 Å². The van der Waals surface area contributed by atoms with Gasteiger partial charge in [0.1, 0.15) is 5.60 Å². The summed E-state index contributed by atoms with van der Waals surface area (Å²) >= 11 is 0. The van der Waals surface area contributed by atoms with Gasteiger partial charge in [0.25, 0.3) is 0 Å². The SMILES string of the molecule is CC(C)(C)OC(=O)N1CCN(C(=O)C2CCC(C(=O)O)C2)CC1. The van der Waals surface area contributed by atoms with Crippen molar-refractivity contribution in [2.75, 3.05) is 26.2 Å². The number of hydrogen-bond donors (Lipinski definition) is 1. The van der Waals surface area contributed by atoms with Crippen molar-refractivity contribution in [2.45, 2.75) is 45.6 Å². The molecule has 2 aliphatic rings. The highest BCUT2D eigenvalue weighted by atomic mass is 16.6. The number of piperazine rings is 1. The van der Waals surface area contributed by atoms with Gasteiger partial charge in [-0.2, -0.15) is 0 Å². The lowest BCUT2D eigenvalue weighted by molar-refractivity contribution is -0.142. The van der Waals surface area contributed by atoms with Crippen LogP contribution < -0.4 is 0 Å². The second kappa shape index (κ2) is 6.76. The van der Waals surface area contributed by atoms with E-state index < -0.39 is 17.5 Å². The fourth-order valence-electron chi connectivity index (χ4n) is 3.12. The molecule has 0 spiro atoms. The monoisotopic (exact) mass is 326 g/mol. The highest BCUT2D eigenvalue weighted by molar-refractivity contribution is 5.81. The Kier molecular flexibility index (Phi) is 5.16. The van der Waals surface area contributed by atoms with Crippen molar-refractivity contribution in [3.05, 3.63) is 0 Å². The van der Waals surface area contributed by atoms with E-state index in [2.05, 4.69) is 0 Å². The number of amides is 2. The van der Waals surface area contributed by atoms with Crippen LogP contribution in [-0.4, -0.2) is 64.7 Å². The van der Waals surface area contributed by atoms with Gasteiger partial charge in [0.05, 0.1) is 5.92 Å². The van der Waals surface area contributed by atoms with Crippen LogP contribution in [0.5, 0.6) is 0 Å². The summed E-state index contributed by atoms with van der Waals surface area (Å²) in [5.41, 5.74) is -0.528. The molecule has 1 saturated carbocycles. The molecule has 0 aromatic carbocycles. The maximum Gasteiger partial charge on any atom is 0.410 e. The van der Waals surface area contributed by atoms with Crippen molar-refractivity contribution >= 4 is 18.0 Å². The summed E-state index contributed by atoms with van der Waals surface area (Å²) in [5.74, 6) is -1.37. The Morgan fingerprint density at radius 1 is 0.957 bits per heavy atom. The summed E-state index contributed by atoms with van der Waals surface area (Å²) in [6.45, 7) is 7.33. The Bertz CT molecular complexity index is 477. The molecule has 0 bridgehead atoms. The molecule has 2 atom stereocenters. The number of carbonyl (C=O) groups is 3.